The van der Waals surface area contributed by atoms with Crippen LogP contribution in [-0.4, -0.2) is 17.5 Å². The van der Waals surface area contributed by atoms with E-state index in [1.54, 1.807) is 0 Å². The summed E-state index contributed by atoms with van der Waals surface area (Å²) in [6.45, 7) is 4.38. The van der Waals surface area contributed by atoms with Crippen molar-refractivity contribution in [1.29, 1.82) is 0 Å². The molecule has 0 aromatic rings. The van der Waals surface area contributed by atoms with Gasteiger partial charge >= 0.3 is 0 Å². The molecule has 98 valence electrons. The van der Waals surface area contributed by atoms with Crippen LogP contribution >= 0.6 is 0 Å². The van der Waals surface area contributed by atoms with Gasteiger partial charge in [-0.05, 0) is 44.9 Å². The Morgan fingerprint density at radius 3 is 2.53 bits per heavy atom. The van der Waals surface area contributed by atoms with Crippen LogP contribution in [0.5, 0.6) is 0 Å². The average molecular weight is 238 g/mol. The van der Waals surface area contributed by atoms with Gasteiger partial charge in [-0.25, -0.2) is 0 Å². The minimum atomic E-state index is 0.0598. The Balaban J connectivity index is 1.88. The molecule has 2 fully saturated rings. The van der Waals surface area contributed by atoms with Crippen LogP contribution in [0.1, 0.15) is 58.8 Å². The van der Waals surface area contributed by atoms with E-state index in [0.29, 0.717) is 5.92 Å². The van der Waals surface area contributed by atoms with Crippen molar-refractivity contribution >= 4 is 5.91 Å². The molecule has 2 aliphatic rings. The van der Waals surface area contributed by atoms with Crippen LogP contribution in [0.15, 0.2) is 0 Å². The summed E-state index contributed by atoms with van der Waals surface area (Å²) in [5.41, 5.74) is 6.13. The van der Waals surface area contributed by atoms with Crippen LogP contribution in [-0.2, 0) is 4.79 Å². The smallest absolute Gasteiger partial charge is 0.223 e. The van der Waals surface area contributed by atoms with E-state index in [4.69, 9.17) is 5.73 Å². The van der Waals surface area contributed by atoms with E-state index in [1.165, 1.54) is 12.8 Å². The van der Waals surface area contributed by atoms with Crippen molar-refractivity contribution in [2.75, 3.05) is 0 Å². The van der Waals surface area contributed by atoms with Crippen LogP contribution in [0.25, 0.3) is 0 Å². The third-order valence-electron chi connectivity index (χ3n) is 4.76. The van der Waals surface area contributed by atoms with Gasteiger partial charge in [0.2, 0.25) is 5.91 Å². The molecular formula is C14H26N2O. The van der Waals surface area contributed by atoms with Crippen molar-refractivity contribution < 1.29 is 4.79 Å². The van der Waals surface area contributed by atoms with Gasteiger partial charge in [-0.15, -0.1) is 0 Å². The third-order valence-corrected chi connectivity index (χ3v) is 4.76. The van der Waals surface area contributed by atoms with E-state index in [1.807, 2.05) is 0 Å². The number of amides is 1. The first-order chi connectivity index (χ1) is 8.00. The summed E-state index contributed by atoms with van der Waals surface area (Å²) in [6.07, 6.45) is 7.73. The van der Waals surface area contributed by atoms with Gasteiger partial charge in [0.1, 0.15) is 0 Å². The predicted molar refractivity (Wildman–Crippen MR) is 69.5 cm³/mol. The molecule has 0 aromatic heterocycles. The highest BCUT2D eigenvalue weighted by Gasteiger charge is 2.35. The number of carbonyl (C=O) groups is 1. The van der Waals surface area contributed by atoms with Gasteiger partial charge in [0.15, 0.2) is 0 Å². The van der Waals surface area contributed by atoms with Gasteiger partial charge in [-0.2, -0.15) is 0 Å². The molecule has 0 saturated heterocycles. The summed E-state index contributed by atoms with van der Waals surface area (Å²) in [7, 11) is 0. The van der Waals surface area contributed by atoms with Crippen LogP contribution in [0.4, 0.5) is 0 Å². The van der Waals surface area contributed by atoms with Crippen LogP contribution in [0.3, 0.4) is 0 Å². The molecule has 0 aliphatic heterocycles. The zero-order valence-corrected chi connectivity index (χ0v) is 11.2. The molecule has 1 amide bonds. The molecule has 0 aromatic carbocycles. The Hall–Kier alpha value is -0.570. The molecule has 3 nitrogen and oxygen atoms in total. The lowest BCUT2D eigenvalue weighted by Gasteiger charge is -2.34. The Labute approximate surface area is 105 Å². The maximum Gasteiger partial charge on any atom is 0.223 e. The number of nitrogens with one attached hydrogen (secondary N) is 1. The van der Waals surface area contributed by atoms with Gasteiger partial charge in [0, 0.05) is 17.5 Å². The fraction of sp³-hybridized carbons (Fsp3) is 0.929. The molecule has 3 N–H and O–H groups in total. The molecule has 3 unspecified atom stereocenters. The predicted octanol–water partition coefficient (Wildman–Crippen LogP) is 2.20. The van der Waals surface area contributed by atoms with Crippen molar-refractivity contribution in [2.45, 2.75) is 70.4 Å². The van der Waals surface area contributed by atoms with Crippen molar-refractivity contribution in [3.05, 3.63) is 0 Å². The topological polar surface area (TPSA) is 55.1 Å². The number of nitrogens with two attached hydrogens (primary N) is 1. The summed E-state index contributed by atoms with van der Waals surface area (Å²) in [6, 6.07) is 0.205. The first kappa shape index (κ1) is 12.9. The second kappa shape index (κ2) is 4.97. The second-order valence-electron chi connectivity index (χ2n) is 6.41. The second-order valence-corrected chi connectivity index (χ2v) is 6.41. The molecule has 0 heterocycles. The van der Waals surface area contributed by atoms with Gasteiger partial charge in [-0.1, -0.05) is 19.8 Å². The SMILES string of the molecule is CC1CCC(C(=O)NC2(C)CCCC2)CC1N. The molecule has 3 heteroatoms. The summed E-state index contributed by atoms with van der Waals surface area (Å²) in [5, 5.41) is 3.27. The standard InChI is InChI=1S/C14H26N2O/c1-10-5-6-11(9-12(10)15)13(17)16-14(2)7-3-4-8-14/h10-12H,3-9,15H2,1-2H3,(H,16,17). The van der Waals surface area contributed by atoms with Gasteiger partial charge in [0.25, 0.3) is 0 Å². The fourth-order valence-electron chi connectivity index (χ4n) is 3.27. The van der Waals surface area contributed by atoms with Crippen LogP contribution < -0.4 is 11.1 Å². The Bertz CT molecular complexity index is 284. The highest BCUT2D eigenvalue weighted by Crippen LogP contribution is 2.32. The quantitative estimate of drug-likeness (QED) is 0.775. The molecule has 2 aliphatic carbocycles. The monoisotopic (exact) mass is 238 g/mol. The highest BCUT2D eigenvalue weighted by atomic mass is 16.2. The van der Waals surface area contributed by atoms with Crippen molar-refractivity contribution in [2.24, 2.45) is 17.6 Å². The van der Waals surface area contributed by atoms with E-state index >= 15 is 0 Å². The number of rotatable bonds is 2. The number of hydrogen-bond acceptors (Lipinski definition) is 2. The largest absolute Gasteiger partial charge is 0.351 e. The lowest BCUT2D eigenvalue weighted by atomic mass is 9.79. The maximum absolute atomic E-state index is 12.2. The zero-order chi connectivity index (χ0) is 12.5. The molecule has 2 rings (SSSR count). The van der Waals surface area contributed by atoms with Gasteiger partial charge in [-0.3, -0.25) is 4.79 Å². The molecule has 0 radical (unpaired) electrons. The van der Waals surface area contributed by atoms with Crippen LogP contribution in [0, 0.1) is 11.8 Å². The van der Waals surface area contributed by atoms with Crippen molar-refractivity contribution in [3.8, 4) is 0 Å². The van der Waals surface area contributed by atoms with Gasteiger partial charge < -0.3 is 11.1 Å². The maximum atomic E-state index is 12.2. The average Bonchev–Trinajstić information content (AvgIpc) is 2.69. The first-order valence-electron chi connectivity index (χ1n) is 7.08. The fourth-order valence-corrected chi connectivity index (χ4v) is 3.27. The molecule has 0 spiro atoms. The Morgan fingerprint density at radius 1 is 1.29 bits per heavy atom. The minimum Gasteiger partial charge on any atom is -0.351 e. The van der Waals surface area contributed by atoms with Crippen molar-refractivity contribution in [1.82, 2.24) is 5.32 Å². The lowest BCUT2D eigenvalue weighted by molar-refractivity contribution is -0.128. The van der Waals surface area contributed by atoms with Crippen molar-refractivity contribution in [3.63, 3.8) is 0 Å². The van der Waals surface area contributed by atoms with E-state index in [9.17, 15) is 4.79 Å². The highest BCUT2D eigenvalue weighted by molar-refractivity contribution is 5.79. The molecule has 17 heavy (non-hydrogen) atoms. The number of carbonyl (C=O) groups excluding carboxylic acids is 1. The third kappa shape index (κ3) is 3.01. The Morgan fingerprint density at radius 2 is 1.94 bits per heavy atom. The lowest BCUT2D eigenvalue weighted by Crippen LogP contribution is -2.49. The molecular weight excluding hydrogens is 212 g/mol. The first-order valence-corrected chi connectivity index (χ1v) is 7.08. The van der Waals surface area contributed by atoms with E-state index in [2.05, 4.69) is 19.2 Å². The molecule has 3 atom stereocenters. The molecule has 2 saturated carbocycles. The summed E-state index contributed by atoms with van der Waals surface area (Å²) < 4.78 is 0. The summed E-state index contributed by atoms with van der Waals surface area (Å²) >= 11 is 0. The van der Waals surface area contributed by atoms with Gasteiger partial charge in [0.05, 0.1) is 0 Å². The Kier molecular flexibility index (Phi) is 3.76. The van der Waals surface area contributed by atoms with E-state index < -0.39 is 0 Å². The summed E-state index contributed by atoms with van der Waals surface area (Å²) in [4.78, 5) is 12.2. The zero-order valence-electron chi connectivity index (χ0n) is 11.2. The van der Waals surface area contributed by atoms with E-state index in [0.717, 1.165) is 32.1 Å². The minimum absolute atomic E-state index is 0.0598. The normalized spacial score (nSPS) is 36.8. The molecule has 0 bridgehead atoms. The van der Waals surface area contributed by atoms with Crippen LogP contribution in [0.2, 0.25) is 0 Å². The summed E-state index contributed by atoms with van der Waals surface area (Å²) in [5.74, 6) is 0.969. The number of hydrogen-bond donors (Lipinski definition) is 2. The van der Waals surface area contributed by atoms with E-state index in [-0.39, 0.29) is 23.4 Å².